The van der Waals surface area contributed by atoms with Gasteiger partial charge in [0.05, 0.1) is 12.8 Å². The number of hydrogen-bond donors (Lipinski definition) is 4. The summed E-state index contributed by atoms with van der Waals surface area (Å²) in [6, 6.07) is 4.50. The molecule has 0 saturated carbocycles. The zero-order valence-electron chi connectivity index (χ0n) is 12.3. The Labute approximate surface area is 133 Å². The molecule has 1 saturated heterocycles. The molecule has 22 heavy (non-hydrogen) atoms. The second-order valence-electron chi connectivity index (χ2n) is 4.88. The fraction of sp³-hybridized carbons (Fsp3) is 0.429. The lowest BCUT2D eigenvalue weighted by molar-refractivity contribution is -0.116. The molecule has 3 amide bonds. The van der Waals surface area contributed by atoms with E-state index in [1.54, 1.807) is 18.2 Å². The molecule has 1 aliphatic rings. The van der Waals surface area contributed by atoms with Crippen LogP contribution in [0, 0.1) is 0 Å². The third kappa shape index (κ3) is 4.81. The molecule has 0 spiro atoms. The third-order valence-corrected chi connectivity index (χ3v) is 4.30. The number of nitrogens with two attached hydrogens (primary N) is 1. The van der Waals surface area contributed by atoms with Gasteiger partial charge >= 0.3 is 6.03 Å². The van der Waals surface area contributed by atoms with Crippen molar-refractivity contribution >= 4 is 35.1 Å². The largest absolute Gasteiger partial charge is 0.494 e. The van der Waals surface area contributed by atoms with E-state index in [1.807, 2.05) is 11.8 Å². The lowest BCUT2D eigenvalue weighted by Gasteiger charge is -2.22. The fourth-order valence-electron chi connectivity index (χ4n) is 2.19. The summed E-state index contributed by atoms with van der Waals surface area (Å²) in [7, 11) is 1.48. The normalized spacial score (nSPS) is 17.6. The first-order valence-corrected chi connectivity index (χ1v) is 8.09. The highest BCUT2D eigenvalue weighted by atomic mass is 32.2. The van der Waals surface area contributed by atoms with Crippen molar-refractivity contribution in [2.45, 2.75) is 12.5 Å². The first kappa shape index (κ1) is 16.4. The van der Waals surface area contributed by atoms with Crippen LogP contribution in [0.2, 0.25) is 0 Å². The molecule has 1 unspecified atom stereocenters. The number of carbonyl (C=O) groups is 2. The molecule has 2 rings (SSSR count). The van der Waals surface area contributed by atoms with E-state index in [-0.39, 0.29) is 11.9 Å². The van der Waals surface area contributed by atoms with Gasteiger partial charge in [-0.25, -0.2) is 4.79 Å². The predicted molar refractivity (Wildman–Crippen MR) is 88.6 cm³/mol. The Balaban J connectivity index is 1.96. The van der Waals surface area contributed by atoms with Gasteiger partial charge in [0.25, 0.3) is 0 Å². The molecule has 1 atom stereocenters. The van der Waals surface area contributed by atoms with Gasteiger partial charge in [-0.1, -0.05) is 0 Å². The Morgan fingerprint density at radius 1 is 1.45 bits per heavy atom. The van der Waals surface area contributed by atoms with Gasteiger partial charge in [0, 0.05) is 42.3 Å². The van der Waals surface area contributed by atoms with Crippen LogP contribution in [-0.2, 0) is 4.79 Å². The van der Waals surface area contributed by atoms with E-state index >= 15 is 0 Å². The van der Waals surface area contributed by atoms with Gasteiger partial charge < -0.3 is 26.4 Å². The van der Waals surface area contributed by atoms with E-state index in [0.717, 1.165) is 18.1 Å². The van der Waals surface area contributed by atoms with Gasteiger partial charge in [-0.05, 0) is 12.1 Å². The van der Waals surface area contributed by atoms with Crippen molar-refractivity contribution in [2.24, 2.45) is 5.73 Å². The molecule has 7 nitrogen and oxygen atoms in total. The molecule has 5 N–H and O–H groups in total. The van der Waals surface area contributed by atoms with Crippen molar-refractivity contribution in [2.75, 3.05) is 35.8 Å². The molecule has 0 aromatic heterocycles. The van der Waals surface area contributed by atoms with E-state index in [4.69, 9.17) is 10.5 Å². The number of methoxy groups -OCH3 is 1. The number of ether oxygens (including phenoxy) is 1. The Kier molecular flexibility index (Phi) is 5.91. The smallest absolute Gasteiger partial charge is 0.316 e. The molecule has 1 fully saturated rings. The molecule has 1 heterocycles. The Hall–Kier alpha value is -1.93. The van der Waals surface area contributed by atoms with Crippen LogP contribution >= 0.6 is 11.8 Å². The Bertz CT molecular complexity index is 547. The number of benzene rings is 1. The second-order valence-corrected chi connectivity index (χ2v) is 6.03. The molecule has 0 bridgehead atoms. The highest BCUT2D eigenvalue weighted by Gasteiger charge is 2.17. The second kappa shape index (κ2) is 7.90. The average Bonchev–Trinajstić information content (AvgIpc) is 2.49. The van der Waals surface area contributed by atoms with Crippen LogP contribution in [0.25, 0.3) is 0 Å². The van der Waals surface area contributed by atoms with Crippen LogP contribution in [0.3, 0.4) is 0 Å². The quantitative estimate of drug-likeness (QED) is 0.652. The lowest BCUT2D eigenvalue weighted by Crippen LogP contribution is -2.39. The van der Waals surface area contributed by atoms with E-state index < -0.39 is 6.03 Å². The predicted octanol–water partition coefficient (Wildman–Crippen LogP) is 1.22. The van der Waals surface area contributed by atoms with Crippen LogP contribution in [-0.4, -0.2) is 43.1 Å². The van der Waals surface area contributed by atoms with Crippen molar-refractivity contribution in [3.63, 3.8) is 0 Å². The third-order valence-electron chi connectivity index (χ3n) is 3.17. The van der Waals surface area contributed by atoms with Crippen LogP contribution in [0.1, 0.15) is 6.42 Å². The zero-order chi connectivity index (χ0) is 15.9. The number of hydrogen-bond acceptors (Lipinski definition) is 5. The van der Waals surface area contributed by atoms with Gasteiger partial charge in [-0.3, -0.25) is 4.79 Å². The van der Waals surface area contributed by atoms with Crippen LogP contribution in [0.15, 0.2) is 18.2 Å². The number of carbonyl (C=O) groups excluding carboxylic acids is 2. The topological polar surface area (TPSA) is 105 Å². The summed E-state index contributed by atoms with van der Waals surface area (Å²) < 4.78 is 5.18. The van der Waals surface area contributed by atoms with Crippen LogP contribution in [0.4, 0.5) is 16.2 Å². The lowest BCUT2D eigenvalue weighted by atomic mass is 10.2. The summed E-state index contributed by atoms with van der Waals surface area (Å²) in [6.07, 6.45) is 0.427. The van der Waals surface area contributed by atoms with E-state index in [2.05, 4.69) is 16.0 Å². The van der Waals surface area contributed by atoms with E-state index in [9.17, 15) is 9.59 Å². The van der Waals surface area contributed by atoms with Gasteiger partial charge in [0.1, 0.15) is 5.75 Å². The number of primary amides is 1. The highest BCUT2D eigenvalue weighted by molar-refractivity contribution is 7.99. The van der Waals surface area contributed by atoms with Crippen molar-refractivity contribution < 1.29 is 14.3 Å². The summed E-state index contributed by atoms with van der Waals surface area (Å²) in [5, 5.41) is 8.61. The van der Waals surface area contributed by atoms with Crippen molar-refractivity contribution in [3.05, 3.63) is 18.2 Å². The summed E-state index contributed by atoms with van der Waals surface area (Å²) in [5.41, 5.74) is 6.15. The van der Waals surface area contributed by atoms with Crippen molar-refractivity contribution in [1.29, 1.82) is 0 Å². The van der Waals surface area contributed by atoms with Gasteiger partial charge in [-0.15, -0.1) is 0 Å². The van der Waals surface area contributed by atoms with Gasteiger partial charge in [0.15, 0.2) is 0 Å². The maximum Gasteiger partial charge on any atom is 0.316 e. The SMILES string of the molecule is COc1cc(NC(=O)CC2CSCCN2)ccc1NC(N)=O. The standard InChI is InChI=1S/C14H20N4O3S/c1-21-12-6-9(2-3-11(12)18-14(15)20)17-13(19)7-10-8-22-5-4-16-10/h2-3,6,10,16H,4-5,7-8H2,1H3,(H,17,19)(H3,15,18,20). The van der Waals surface area contributed by atoms with Gasteiger partial charge in [0.2, 0.25) is 5.91 Å². The minimum absolute atomic E-state index is 0.0577. The van der Waals surface area contributed by atoms with Crippen LogP contribution < -0.4 is 26.4 Å². The van der Waals surface area contributed by atoms with Crippen molar-refractivity contribution in [3.8, 4) is 5.75 Å². The molecular weight excluding hydrogens is 304 g/mol. The first-order valence-electron chi connectivity index (χ1n) is 6.94. The highest BCUT2D eigenvalue weighted by Crippen LogP contribution is 2.28. The molecule has 1 aromatic rings. The molecule has 1 aliphatic heterocycles. The molecule has 1 aromatic carbocycles. The van der Waals surface area contributed by atoms with E-state index in [0.29, 0.717) is 23.5 Å². The fourth-order valence-corrected chi connectivity index (χ4v) is 3.14. The molecule has 120 valence electrons. The summed E-state index contributed by atoms with van der Waals surface area (Å²) in [6.45, 7) is 0.934. The molecular formula is C14H20N4O3S. The van der Waals surface area contributed by atoms with E-state index in [1.165, 1.54) is 7.11 Å². The first-order chi connectivity index (χ1) is 10.6. The number of amides is 3. The maximum absolute atomic E-state index is 12.1. The monoisotopic (exact) mass is 324 g/mol. The summed E-state index contributed by atoms with van der Waals surface area (Å²) in [5.74, 6) is 2.41. The Morgan fingerprint density at radius 2 is 2.27 bits per heavy atom. The molecule has 8 heteroatoms. The summed E-state index contributed by atoms with van der Waals surface area (Å²) in [4.78, 5) is 22.9. The van der Waals surface area contributed by atoms with Crippen LogP contribution in [0.5, 0.6) is 5.75 Å². The maximum atomic E-state index is 12.1. The minimum atomic E-state index is -0.670. The Morgan fingerprint density at radius 3 is 2.91 bits per heavy atom. The van der Waals surface area contributed by atoms with Crippen molar-refractivity contribution in [1.82, 2.24) is 5.32 Å². The minimum Gasteiger partial charge on any atom is -0.494 e. The molecule has 0 radical (unpaired) electrons. The number of urea groups is 1. The summed E-state index contributed by atoms with van der Waals surface area (Å²) >= 11 is 1.85. The number of nitrogens with one attached hydrogen (secondary N) is 3. The number of thioether (sulfide) groups is 1. The molecule has 0 aliphatic carbocycles. The van der Waals surface area contributed by atoms with Gasteiger partial charge in [-0.2, -0.15) is 11.8 Å². The number of rotatable bonds is 5. The zero-order valence-corrected chi connectivity index (χ0v) is 13.2. The average molecular weight is 324 g/mol. The number of anilines is 2.